The summed E-state index contributed by atoms with van der Waals surface area (Å²) in [5.74, 6) is 3.81. The molecule has 0 bridgehead atoms. The maximum absolute atomic E-state index is 5.47. The van der Waals surface area contributed by atoms with Crippen molar-refractivity contribution < 1.29 is 14.2 Å². The molecule has 1 N–H and O–H groups in total. The first kappa shape index (κ1) is 17.3. The van der Waals surface area contributed by atoms with Crippen LogP contribution < -0.4 is 19.5 Å². The quantitative estimate of drug-likeness (QED) is 0.540. The van der Waals surface area contributed by atoms with Crippen molar-refractivity contribution in [2.45, 2.75) is 6.54 Å². The average Bonchev–Trinajstić information content (AvgIpc) is 3.25. The monoisotopic (exact) mass is 385 g/mol. The van der Waals surface area contributed by atoms with Crippen molar-refractivity contribution in [3.05, 3.63) is 72.3 Å². The molecule has 1 aliphatic heterocycles. The number of methoxy groups -OCH3 is 1. The molecule has 0 atom stereocenters. The number of aromatic nitrogens is 2. The summed E-state index contributed by atoms with van der Waals surface area (Å²) in [6, 6.07) is 21.7. The van der Waals surface area contributed by atoms with E-state index in [1.807, 2.05) is 66.7 Å². The van der Waals surface area contributed by atoms with Crippen molar-refractivity contribution in [1.29, 1.82) is 0 Å². The third-order valence-electron chi connectivity index (χ3n) is 4.85. The third kappa shape index (κ3) is 3.40. The molecule has 0 unspecified atom stereocenters. The van der Waals surface area contributed by atoms with Gasteiger partial charge in [-0.1, -0.05) is 18.2 Å². The Balaban J connectivity index is 1.48. The number of hydrogen-bond donors (Lipinski definition) is 1. The molecule has 5 rings (SSSR count). The van der Waals surface area contributed by atoms with E-state index in [0.717, 1.165) is 45.1 Å². The van der Waals surface area contributed by atoms with E-state index in [0.29, 0.717) is 12.4 Å². The van der Waals surface area contributed by atoms with Crippen molar-refractivity contribution in [2.24, 2.45) is 0 Å². The Hall–Kier alpha value is -3.80. The lowest BCUT2D eigenvalue weighted by Gasteiger charge is -2.12. The van der Waals surface area contributed by atoms with Crippen LogP contribution in [0.1, 0.15) is 5.56 Å². The van der Waals surface area contributed by atoms with Gasteiger partial charge in [-0.25, -0.2) is 9.97 Å². The summed E-state index contributed by atoms with van der Waals surface area (Å²) in [7, 11) is 1.65. The van der Waals surface area contributed by atoms with Gasteiger partial charge in [-0.2, -0.15) is 0 Å². The zero-order chi connectivity index (χ0) is 19.6. The Labute approximate surface area is 168 Å². The molecule has 0 aliphatic carbocycles. The summed E-state index contributed by atoms with van der Waals surface area (Å²) in [6.45, 7) is 0.883. The molecule has 0 amide bonds. The van der Waals surface area contributed by atoms with Crippen molar-refractivity contribution in [3.8, 4) is 28.6 Å². The van der Waals surface area contributed by atoms with Gasteiger partial charge < -0.3 is 19.5 Å². The molecule has 1 aliphatic rings. The number of fused-ring (bicyclic) bond motifs is 2. The molecular weight excluding hydrogens is 366 g/mol. The molecule has 4 aromatic rings. The molecular formula is C23H19N3O3. The Morgan fingerprint density at radius 2 is 1.76 bits per heavy atom. The highest BCUT2D eigenvalue weighted by atomic mass is 16.7. The summed E-state index contributed by atoms with van der Waals surface area (Å²) < 4.78 is 16.1. The Kier molecular flexibility index (Phi) is 4.37. The number of ether oxygens (including phenoxy) is 3. The van der Waals surface area contributed by atoms with Gasteiger partial charge in [0.05, 0.1) is 12.6 Å². The van der Waals surface area contributed by atoms with Crippen molar-refractivity contribution in [1.82, 2.24) is 9.97 Å². The summed E-state index contributed by atoms with van der Waals surface area (Å²) in [5.41, 5.74) is 2.91. The van der Waals surface area contributed by atoms with E-state index in [1.165, 1.54) is 0 Å². The van der Waals surface area contributed by atoms with Gasteiger partial charge in [0, 0.05) is 17.5 Å². The molecule has 0 spiro atoms. The fraction of sp³-hybridized carbons (Fsp3) is 0.130. The minimum Gasteiger partial charge on any atom is -0.497 e. The second-order valence-corrected chi connectivity index (χ2v) is 6.68. The van der Waals surface area contributed by atoms with E-state index >= 15 is 0 Å². The highest BCUT2D eigenvalue weighted by Gasteiger charge is 2.14. The number of benzene rings is 3. The van der Waals surface area contributed by atoms with Crippen LogP contribution >= 0.6 is 0 Å². The third-order valence-corrected chi connectivity index (χ3v) is 4.85. The van der Waals surface area contributed by atoms with E-state index in [2.05, 4.69) is 5.32 Å². The van der Waals surface area contributed by atoms with Gasteiger partial charge in [-0.05, 0) is 54.1 Å². The van der Waals surface area contributed by atoms with Crippen LogP contribution in [0.5, 0.6) is 17.2 Å². The van der Waals surface area contributed by atoms with Gasteiger partial charge in [0.15, 0.2) is 17.3 Å². The minimum atomic E-state index is 0.272. The van der Waals surface area contributed by atoms with E-state index in [9.17, 15) is 0 Å². The fourth-order valence-corrected chi connectivity index (χ4v) is 3.32. The maximum atomic E-state index is 5.47. The lowest BCUT2D eigenvalue weighted by atomic mass is 10.1. The molecule has 1 aromatic heterocycles. The summed E-state index contributed by atoms with van der Waals surface area (Å²) >= 11 is 0. The van der Waals surface area contributed by atoms with Crippen LogP contribution in [0, 0.1) is 0 Å². The molecule has 0 saturated heterocycles. The van der Waals surface area contributed by atoms with Crippen LogP contribution in [0.15, 0.2) is 66.7 Å². The van der Waals surface area contributed by atoms with Gasteiger partial charge in [-0.3, -0.25) is 0 Å². The number of rotatable bonds is 5. The smallest absolute Gasteiger partial charge is 0.231 e. The van der Waals surface area contributed by atoms with E-state index < -0.39 is 0 Å². The molecule has 6 heteroatoms. The second kappa shape index (κ2) is 7.31. The molecule has 144 valence electrons. The number of para-hydroxylation sites is 1. The van der Waals surface area contributed by atoms with Gasteiger partial charge in [-0.15, -0.1) is 0 Å². The van der Waals surface area contributed by atoms with Crippen LogP contribution in [-0.2, 0) is 6.54 Å². The average molecular weight is 385 g/mol. The van der Waals surface area contributed by atoms with Gasteiger partial charge in [0.25, 0.3) is 0 Å². The van der Waals surface area contributed by atoms with Crippen LogP contribution in [0.2, 0.25) is 0 Å². The predicted molar refractivity (Wildman–Crippen MR) is 111 cm³/mol. The SMILES string of the molecule is COc1ccc(-c2nc(NCc3ccc4c(c3)OCO4)c3ccccc3n2)cc1. The van der Waals surface area contributed by atoms with Gasteiger partial charge in [0.1, 0.15) is 11.6 Å². The van der Waals surface area contributed by atoms with Crippen LogP contribution in [-0.4, -0.2) is 23.9 Å². The molecule has 29 heavy (non-hydrogen) atoms. The number of nitrogens with one attached hydrogen (secondary N) is 1. The van der Waals surface area contributed by atoms with E-state index in [-0.39, 0.29) is 6.79 Å². The van der Waals surface area contributed by atoms with Gasteiger partial charge >= 0.3 is 0 Å². The van der Waals surface area contributed by atoms with Crippen LogP contribution in [0.4, 0.5) is 5.82 Å². The summed E-state index contributed by atoms with van der Waals surface area (Å²) in [5, 5.41) is 4.43. The molecule has 0 radical (unpaired) electrons. The highest BCUT2D eigenvalue weighted by molar-refractivity contribution is 5.90. The van der Waals surface area contributed by atoms with E-state index in [4.69, 9.17) is 24.2 Å². The predicted octanol–water partition coefficient (Wildman–Crippen LogP) is 4.65. The molecule has 0 saturated carbocycles. The van der Waals surface area contributed by atoms with Crippen LogP contribution in [0.25, 0.3) is 22.3 Å². The zero-order valence-electron chi connectivity index (χ0n) is 15.9. The lowest BCUT2D eigenvalue weighted by Crippen LogP contribution is -2.04. The Morgan fingerprint density at radius 3 is 2.62 bits per heavy atom. The molecule has 3 aromatic carbocycles. The first-order chi connectivity index (χ1) is 14.3. The van der Waals surface area contributed by atoms with Crippen molar-refractivity contribution in [2.75, 3.05) is 19.2 Å². The first-order valence-corrected chi connectivity index (χ1v) is 9.34. The van der Waals surface area contributed by atoms with E-state index in [1.54, 1.807) is 7.11 Å². The highest BCUT2D eigenvalue weighted by Crippen LogP contribution is 2.33. The molecule has 2 heterocycles. The Morgan fingerprint density at radius 1 is 0.931 bits per heavy atom. The van der Waals surface area contributed by atoms with Gasteiger partial charge in [0.2, 0.25) is 6.79 Å². The molecule has 6 nitrogen and oxygen atoms in total. The maximum Gasteiger partial charge on any atom is 0.231 e. The zero-order valence-corrected chi connectivity index (χ0v) is 15.9. The fourth-order valence-electron chi connectivity index (χ4n) is 3.32. The topological polar surface area (TPSA) is 65.5 Å². The van der Waals surface area contributed by atoms with Crippen molar-refractivity contribution >= 4 is 16.7 Å². The second-order valence-electron chi connectivity index (χ2n) is 6.68. The Bertz CT molecular complexity index is 1180. The summed E-state index contributed by atoms with van der Waals surface area (Å²) in [4.78, 5) is 9.53. The van der Waals surface area contributed by atoms with Crippen LogP contribution in [0.3, 0.4) is 0 Å². The lowest BCUT2D eigenvalue weighted by molar-refractivity contribution is 0.174. The number of hydrogen-bond acceptors (Lipinski definition) is 6. The minimum absolute atomic E-state index is 0.272. The first-order valence-electron chi connectivity index (χ1n) is 9.34. The van der Waals surface area contributed by atoms with Crippen molar-refractivity contribution in [3.63, 3.8) is 0 Å². The normalized spacial score (nSPS) is 12.2. The number of anilines is 1. The largest absolute Gasteiger partial charge is 0.497 e. The number of nitrogens with zero attached hydrogens (tertiary/aromatic N) is 2. The summed E-state index contributed by atoms with van der Waals surface area (Å²) in [6.07, 6.45) is 0. The molecule has 0 fully saturated rings. The standard InChI is InChI=1S/C23H19N3O3/c1-27-17-9-7-16(8-10-17)22-25-19-5-3-2-4-18(19)23(26-22)24-13-15-6-11-20-21(12-15)29-14-28-20/h2-12H,13-14H2,1H3,(H,24,25,26).